The Hall–Kier alpha value is -3.07. The van der Waals surface area contributed by atoms with E-state index in [1.165, 1.54) is 11.8 Å². The summed E-state index contributed by atoms with van der Waals surface area (Å²) in [5, 5.41) is 17.2. The Morgan fingerprint density at radius 3 is 2.05 bits per heavy atom. The molecule has 0 saturated carbocycles. The highest BCUT2D eigenvalue weighted by Crippen LogP contribution is 2.11. The van der Waals surface area contributed by atoms with Gasteiger partial charge in [0.1, 0.15) is 18.1 Å². The number of guanidine groups is 1. The van der Waals surface area contributed by atoms with Crippen molar-refractivity contribution in [3.8, 4) is 0 Å². The molecule has 14 nitrogen and oxygen atoms in total. The van der Waals surface area contributed by atoms with Crippen molar-refractivity contribution in [2.75, 3.05) is 18.6 Å². The highest BCUT2D eigenvalue weighted by Gasteiger charge is 2.32. The first-order valence-corrected chi connectivity index (χ1v) is 13.4. The van der Waals surface area contributed by atoms with Crippen LogP contribution >= 0.6 is 11.8 Å². The number of aliphatic carboxylic acids is 1. The third kappa shape index (κ3) is 14.3. The number of rotatable bonds is 19. The summed E-state index contributed by atoms with van der Waals surface area (Å²) in [7, 11) is 0. The number of carboxylic acids is 1. The lowest BCUT2D eigenvalue weighted by Crippen LogP contribution is -2.58. The van der Waals surface area contributed by atoms with Gasteiger partial charge in [0.25, 0.3) is 0 Å². The van der Waals surface area contributed by atoms with Gasteiger partial charge in [0.15, 0.2) is 5.96 Å². The van der Waals surface area contributed by atoms with Crippen molar-refractivity contribution in [1.82, 2.24) is 16.0 Å². The monoisotopic (exact) mass is 546 g/mol. The van der Waals surface area contributed by atoms with Gasteiger partial charge in [0, 0.05) is 13.0 Å². The van der Waals surface area contributed by atoms with Crippen LogP contribution in [0.5, 0.6) is 0 Å². The third-order valence-corrected chi connectivity index (χ3v) is 6.28. The van der Waals surface area contributed by atoms with Crippen LogP contribution in [0.15, 0.2) is 4.99 Å². The van der Waals surface area contributed by atoms with Crippen molar-refractivity contribution in [3.63, 3.8) is 0 Å². The van der Waals surface area contributed by atoms with Gasteiger partial charge in [-0.15, -0.1) is 0 Å². The number of hydrogen-bond donors (Lipinski definition) is 8. The molecule has 212 valence electrons. The lowest BCUT2D eigenvalue weighted by atomic mass is 9.97. The molecule has 0 aliphatic rings. The lowest BCUT2D eigenvalue weighted by Gasteiger charge is -2.28. The number of primary amides is 1. The van der Waals surface area contributed by atoms with Crippen LogP contribution in [0.1, 0.15) is 52.4 Å². The number of nitrogens with one attached hydrogen (secondary N) is 3. The maximum Gasteiger partial charge on any atom is 0.326 e. The van der Waals surface area contributed by atoms with E-state index in [1.54, 1.807) is 6.92 Å². The van der Waals surface area contributed by atoms with Gasteiger partial charge in [-0.05, 0) is 43.6 Å². The van der Waals surface area contributed by atoms with Crippen molar-refractivity contribution in [2.45, 2.75) is 76.5 Å². The fourth-order valence-corrected chi connectivity index (χ4v) is 3.66. The summed E-state index contributed by atoms with van der Waals surface area (Å²) in [6.45, 7) is 3.76. The number of nitrogens with zero attached hydrogens (tertiary/aromatic N) is 1. The molecule has 15 heteroatoms. The summed E-state index contributed by atoms with van der Waals surface area (Å²) in [5.41, 5.74) is 21.6. The van der Waals surface area contributed by atoms with Crippen molar-refractivity contribution >= 4 is 47.3 Å². The minimum atomic E-state index is -1.17. The van der Waals surface area contributed by atoms with Crippen molar-refractivity contribution in [3.05, 3.63) is 0 Å². The molecule has 0 aliphatic heterocycles. The molecule has 0 fully saturated rings. The number of amides is 4. The molecule has 4 amide bonds. The molecule has 5 unspecified atom stereocenters. The van der Waals surface area contributed by atoms with E-state index in [0.29, 0.717) is 18.6 Å². The minimum absolute atomic E-state index is 0.00592. The zero-order valence-corrected chi connectivity index (χ0v) is 22.5. The van der Waals surface area contributed by atoms with Crippen LogP contribution in [0.4, 0.5) is 0 Å². The number of aliphatic imine (C=N–C) groups is 1. The van der Waals surface area contributed by atoms with Gasteiger partial charge in [-0.25, -0.2) is 4.79 Å². The molecule has 0 heterocycles. The van der Waals surface area contributed by atoms with Gasteiger partial charge in [-0.1, -0.05) is 20.3 Å². The summed E-state index contributed by atoms with van der Waals surface area (Å²) in [4.78, 5) is 65.2. The van der Waals surface area contributed by atoms with Crippen LogP contribution in [0.2, 0.25) is 0 Å². The summed E-state index contributed by atoms with van der Waals surface area (Å²) in [6, 6.07) is -4.33. The fraction of sp³-hybridized carbons (Fsp3) is 0.727. The number of carbonyl (C=O) groups is 5. The highest BCUT2D eigenvalue weighted by molar-refractivity contribution is 7.98. The standard InChI is InChI=1S/C22H42N8O6S/c1-4-12(2)17(20(34)29-15(21(35)36)9-11-37-3)30-19(33)14(6-5-10-27-22(25)26)28-18(32)13(23)7-8-16(24)31/h12-15,17H,4-11,23H2,1-3H3,(H2,24,31)(H,28,32)(H,29,34)(H,30,33)(H,35,36)(H4,25,26,27). The van der Waals surface area contributed by atoms with Crippen LogP contribution in [-0.2, 0) is 24.0 Å². The van der Waals surface area contributed by atoms with Crippen molar-refractivity contribution < 1.29 is 29.1 Å². The Kier molecular flexibility index (Phi) is 16.7. The largest absolute Gasteiger partial charge is 0.480 e. The maximum atomic E-state index is 13.2. The van der Waals surface area contributed by atoms with E-state index in [9.17, 15) is 29.1 Å². The number of hydrogen-bond acceptors (Lipinski definition) is 8. The molecule has 0 saturated heterocycles. The molecule has 37 heavy (non-hydrogen) atoms. The minimum Gasteiger partial charge on any atom is -0.480 e. The van der Waals surface area contributed by atoms with Gasteiger partial charge in [0.2, 0.25) is 23.6 Å². The number of carboxylic acid groups (broad SMARTS) is 1. The molecular formula is C22H42N8O6S. The van der Waals surface area contributed by atoms with Crippen molar-refractivity contribution in [1.29, 1.82) is 0 Å². The summed E-state index contributed by atoms with van der Waals surface area (Å²) >= 11 is 1.45. The van der Waals surface area contributed by atoms with E-state index in [4.69, 9.17) is 22.9 Å². The molecule has 0 rings (SSSR count). The maximum absolute atomic E-state index is 13.2. The average Bonchev–Trinajstić information content (AvgIpc) is 2.83. The first-order valence-electron chi connectivity index (χ1n) is 12.1. The second kappa shape index (κ2) is 18.2. The predicted octanol–water partition coefficient (Wildman–Crippen LogP) is -2.03. The molecule has 0 radical (unpaired) electrons. The van der Waals surface area contributed by atoms with Crippen LogP contribution < -0.4 is 38.9 Å². The smallest absolute Gasteiger partial charge is 0.326 e. The molecule has 5 atom stereocenters. The van der Waals surface area contributed by atoms with Crippen LogP contribution in [-0.4, -0.2) is 83.4 Å². The first-order chi connectivity index (χ1) is 17.3. The molecule has 0 bridgehead atoms. The Bertz CT molecular complexity index is 808. The molecule has 0 aliphatic carbocycles. The zero-order valence-electron chi connectivity index (χ0n) is 21.7. The molecule has 0 spiro atoms. The second-order valence-corrected chi connectivity index (χ2v) is 9.66. The highest BCUT2D eigenvalue weighted by atomic mass is 32.2. The molecule has 0 aromatic heterocycles. The molecule has 0 aromatic rings. The fourth-order valence-electron chi connectivity index (χ4n) is 3.19. The summed E-state index contributed by atoms with van der Waals surface area (Å²) in [5.74, 6) is -3.69. The van der Waals surface area contributed by atoms with Gasteiger partial charge in [-0.2, -0.15) is 11.8 Å². The van der Waals surface area contributed by atoms with E-state index in [2.05, 4.69) is 20.9 Å². The third-order valence-electron chi connectivity index (χ3n) is 5.64. The van der Waals surface area contributed by atoms with E-state index in [1.807, 2.05) is 13.2 Å². The first kappa shape index (κ1) is 33.9. The Morgan fingerprint density at radius 1 is 0.919 bits per heavy atom. The van der Waals surface area contributed by atoms with Crippen LogP contribution in [0.25, 0.3) is 0 Å². The lowest BCUT2D eigenvalue weighted by molar-refractivity contribution is -0.142. The zero-order chi connectivity index (χ0) is 28.5. The quantitative estimate of drug-likeness (QED) is 0.0500. The van der Waals surface area contributed by atoms with E-state index in [-0.39, 0.29) is 44.1 Å². The summed E-state index contributed by atoms with van der Waals surface area (Å²) < 4.78 is 0. The Labute approximate surface area is 221 Å². The van der Waals surface area contributed by atoms with E-state index < -0.39 is 53.8 Å². The topological polar surface area (TPSA) is 258 Å². The molecular weight excluding hydrogens is 504 g/mol. The summed E-state index contributed by atoms with van der Waals surface area (Å²) in [6.07, 6.45) is 2.89. The average molecular weight is 547 g/mol. The normalized spacial score (nSPS) is 14.8. The SMILES string of the molecule is CCC(C)C(NC(=O)C(CCCN=C(N)N)NC(=O)C(N)CCC(N)=O)C(=O)NC(CCSC)C(=O)O. The van der Waals surface area contributed by atoms with Crippen LogP contribution in [0, 0.1) is 5.92 Å². The van der Waals surface area contributed by atoms with Gasteiger partial charge < -0.3 is 44.0 Å². The molecule has 0 aromatic carbocycles. The van der Waals surface area contributed by atoms with E-state index in [0.717, 1.165) is 0 Å². The second-order valence-electron chi connectivity index (χ2n) is 8.67. The number of thioether (sulfide) groups is 1. The van der Waals surface area contributed by atoms with Gasteiger partial charge in [-0.3, -0.25) is 24.2 Å². The Balaban J connectivity index is 5.63. The molecule has 12 N–H and O–H groups in total. The number of carbonyl (C=O) groups excluding carboxylic acids is 4. The van der Waals surface area contributed by atoms with Crippen molar-refractivity contribution in [2.24, 2.45) is 33.8 Å². The van der Waals surface area contributed by atoms with Gasteiger partial charge >= 0.3 is 5.97 Å². The van der Waals surface area contributed by atoms with Crippen LogP contribution in [0.3, 0.4) is 0 Å². The predicted molar refractivity (Wildman–Crippen MR) is 142 cm³/mol. The van der Waals surface area contributed by atoms with E-state index >= 15 is 0 Å². The Morgan fingerprint density at radius 2 is 1.54 bits per heavy atom. The number of nitrogens with two attached hydrogens (primary N) is 4. The van der Waals surface area contributed by atoms with Gasteiger partial charge in [0.05, 0.1) is 6.04 Å².